The number of amides is 2. The Balaban J connectivity index is 1.73. The summed E-state index contributed by atoms with van der Waals surface area (Å²) in [5.41, 5.74) is 2.94. The lowest BCUT2D eigenvalue weighted by atomic mass is 10.0. The van der Waals surface area contributed by atoms with Gasteiger partial charge in [0.2, 0.25) is 11.8 Å². The Morgan fingerprint density at radius 2 is 1.76 bits per heavy atom. The minimum absolute atomic E-state index is 0.193. The van der Waals surface area contributed by atoms with Gasteiger partial charge in [-0.3, -0.25) is 9.59 Å². The van der Waals surface area contributed by atoms with E-state index in [0.717, 1.165) is 5.56 Å². The molecule has 0 aliphatic rings. The van der Waals surface area contributed by atoms with Gasteiger partial charge in [-0.1, -0.05) is 49.7 Å². The fourth-order valence-electron chi connectivity index (χ4n) is 2.40. The van der Waals surface area contributed by atoms with E-state index >= 15 is 0 Å². The first-order valence-corrected chi connectivity index (χ1v) is 8.73. The molecular weight excluding hydrogens is 336 g/mol. The highest BCUT2D eigenvalue weighted by molar-refractivity contribution is 6.30. The molecule has 2 amide bonds. The van der Waals surface area contributed by atoms with Gasteiger partial charge in [-0.2, -0.15) is 0 Å². The Hall–Kier alpha value is -2.33. The fraction of sp³-hybridized carbons (Fsp3) is 0.300. The molecule has 0 radical (unpaired) electrons. The second-order valence-corrected chi connectivity index (χ2v) is 6.67. The number of carbonyl (C=O) groups excluding carboxylic acids is 2. The number of rotatable bonds is 7. The van der Waals surface area contributed by atoms with Crippen molar-refractivity contribution in [3.63, 3.8) is 0 Å². The van der Waals surface area contributed by atoms with Crippen LogP contribution >= 0.6 is 11.6 Å². The second-order valence-electron chi connectivity index (χ2n) is 6.23. The summed E-state index contributed by atoms with van der Waals surface area (Å²) >= 11 is 5.92. The van der Waals surface area contributed by atoms with E-state index < -0.39 is 0 Å². The normalized spacial score (nSPS) is 10.6. The maximum atomic E-state index is 11.9. The van der Waals surface area contributed by atoms with Gasteiger partial charge in [0.25, 0.3) is 0 Å². The lowest BCUT2D eigenvalue weighted by Crippen LogP contribution is -2.29. The summed E-state index contributed by atoms with van der Waals surface area (Å²) in [7, 11) is 0. The molecular formula is C20H23ClN2O2. The molecule has 0 saturated carbocycles. The molecule has 2 rings (SSSR count). The number of carbonyl (C=O) groups is 2. The molecule has 0 atom stereocenters. The van der Waals surface area contributed by atoms with Crippen molar-refractivity contribution in [1.82, 2.24) is 5.32 Å². The van der Waals surface area contributed by atoms with Gasteiger partial charge in [-0.15, -0.1) is 0 Å². The van der Waals surface area contributed by atoms with E-state index in [1.54, 1.807) is 0 Å². The zero-order valence-electron chi connectivity index (χ0n) is 14.5. The molecule has 2 aromatic rings. The molecule has 0 heterocycles. The van der Waals surface area contributed by atoms with E-state index in [0.29, 0.717) is 29.6 Å². The van der Waals surface area contributed by atoms with Gasteiger partial charge >= 0.3 is 0 Å². The van der Waals surface area contributed by atoms with E-state index in [9.17, 15) is 9.59 Å². The predicted molar refractivity (Wildman–Crippen MR) is 102 cm³/mol. The number of halogens is 1. The monoisotopic (exact) mass is 358 g/mol. The number of benzene rings is 2. The molecule has 2 aromatic carbocycles. The Kier molecular flexibility index (Phi) is 7.02. The lowest BCUT2D eigenvalue weighted by molar-refractivity contribution is -0.126. The summed E-state index contributed by atoms with van der Waals surface area (Å²) in [6, 6.07) is 15.2. The van der Waals surface area contributed by atoms with Gasteiger partial charge in [-0.25, -0.2) is 0 Å². The van der Waals surface area contributed by atoms with Crippen LogP contribution in [0, 0.1) is 0 Å². The van der Waals surface area contributed by atoms with E-state index in [4.69, 9.17) is 11.6 Å². The fourth-order valence-corrected chi connectivity index (χ4v) is 2.62. The number of nitrogens with one attached hydrogen (secondary N) is 2. The number of anilines is 1. The minimum atomic E-state index is -0.322. The highest BCUT2D eigenvalue weighted by Gasteiger charge is 2.09. The van der Waals surface area contributed by atoms with Gasteiger partial charge in [0, 0.05) is 17.3 Å². The molecule has 132 valence electrons. The van der Waals surface area contributed by atoms with Crippen molar-refractivity contribution in [2.45, 2.75) is 32.6 Å². The predicted octanol–water partition coefficient (Wildman–Crippen LogP) is 4.15. The molecule has 0 spiro atoms. The van der Waals surface area contributed by atoms with E-state index in [1.807, 2.05) is 48.5 Å². The molecule has 0 aliphatic carbocycles. The van der Waals surface area contributed by atoms with Crippen molar-refractivity contribution < 1.29 is 9.59 Å². The maximum Gasteiger partial charge on any atom is 0.233 e. The molecule has 0 unspecified atom stereocenters. The molecule has 25 heavy (non-hydrogen) atoms. The summed E-state index contributed by atoms with van der Waals surface area (Å²) in [6.45, 7) is 4.69. The smallest absolute Gasteiger partial charge is 0.233 e. The highest BCUT2D eigenvalue weighted by Crippen LogP contribution is 2.17. The first-order valence-electron chi connectivity index (χ1n) is 8.35. The number of hydrogen-bond donors (Lipinski definition) is 2. The third-order valence-electron chi connectivity index (χ3n) is 3.81. The Morgan fingerprint density at radius 3 is 2.40 bits per heavy atom. The molecule has 0 fully saturated rings. The van der Waals surface area contributed by atoms with Crippen LogP contribution in [-0.2, 0) is 16.0 Å². The molecule has 0 saturated heterocycles. The van der Waals surface area contributed by atoms with Crippen LogP contribution in [0.5, 0.6) is 0 Å². The molecule has 5 heteroatoms. The van der Waals surface area contributed by atoms with E-state index in [2.05, 4.69) is 24.5 Å². The molecule has 0 aromatic heterocycles. The molecule has 0 aliphatic heterocycles. The quantitative estimate of drug-likeness (QED) is 0.730. The average molecular weight is 359 g/mol. The largest absolute Gasteiger partial charge is 0.355 e. The third-order valence-corrected chi connectivity index (χ3v) is 4.04. The van der Waals surface area contributed by atoms with Crippen molar-refractivity contribution in [1.29, 1.82) is 0 Å². The zero-order chi connectivity index (χ0) is 18.2. The van der Waals surface area contributed by atoms with Crippen molar-refractivity contribution >= 4 is 29.1 Å². The average Bonchev–Trinajstić information content (AvgIpc) is 2.55. The van der Waals surface area contributed by atoms with Crippen LogP contribution in [0.1, 0.15) is 37.3 Å². The van der Waals surface area contributed by atoms with Crippen LogP contribution in [0.15, 0.2) is 48.5 Å². The van der Waals surface area contributed by atoms with Gasteiger partial charge < -0.3 is 10.6 Å². The highest BCUT2D eigenvalue weighted by atomic mass is 35.5. The lowest BCUT2D eigenvalue weighted by Gasteiger charge is -2.09. The van der Waals surface area contributed by atoms with Crippen LogP contribution in [0.25, 0.3) is 0 Å². The van der Waals surface area contributed by atoms with Gasteiger partial charge in [0.05, 0.1) is 0 Å². The summed E-state index contributed by atoms with van der Waals surface area (Å²) in [4.78, 5) is 23.8. The van der Waals surface area contributed by atoms with Crippen molar-refractivity contribution in [3.05, 3.63) is 64.7 Å². The van der Waals surface area contributed by atoms with Crippen molar-refractivity contribution in [2.24, 2.45) is 0 Å². The van der Waals surface area contributed by atoms with Crippen molar-refractivity contribution in [2.75, 3.05) is 11.9 Å². The zero-order valence-corrected chi connectivity index (χ0v) is 15.3. The number of hydrogen-bond acceptors (Lipinski definition) is 2. The minimum Gasteiger partial charge on any atom is -0.355 e. The summed E-state index contributed by atoms with van der Waals surface area (Å²) in [5.74, 6) is -0.175. The maximum absolute atomic E-state index is 11.9. The Bertz CT molecular complexity index is 727. The van der Waals surface area contributed by atoms with Gasteiger partial charge in [-0.05, 0) is 47.7 Å². The summed E-state index contributed by atoms with van der Waals surface area (Å²) in [5, 5.41) is 6.16. The first-order chi connectivity index (χ1) is 11.9. The van der Waals surface area contributed by atoms with E-state index in [-0.39, 0.29) is 18.2 Å². The third kappa shape index (κ3) is 6.59. The summed E-state index contributed by atoms with van der Waals surface area (Å²) < 4.78 is 0. The Labute approximate surface area is 153 Å². The van der Waals surface area contributed by atoms with Crippen LogP contribution in [0.3, 0.4) is 0 Å². The topological polar surface area (TPSA) is 58.2 Å². The Morgan fingerprint density at radius 1 is 1.04 bits per heavy atom. The summed E-state index contributed by atoms with van der Waals surface area (Å²) in [6.07, 6.45) is 0.478. The molecule has 2 N–H and O–H groups in total. The van der Waals surface area contributed by atoms with Crippen molar-refractivity contribution in [3.8, 4) is 0 Å². The van der Waals surface area contributed by atoms with Gasteiger partial charge in [0.1, 0.15) is 6.42 Å². The van der Waals surface area contributed by atoms with Crippen LogP contribution in [-0.4, -0.2) is 18.4 Å². The standard InChI is InChI=1S/C20H23ClN2O2/c1-14(2)16-6-8-18(9-7-16)23-20(25)13-19(24)22-11-10-15-4-3-5-17(21)12-15/h3-9,12,14H,10-11,13H2,1-2H3,(H,22,24)(H,23,25). The SMILES string of the molecule is CC(C)c1ccc(NC(=O)CC(=O)NCCc2cccc(Cl)c2)cc1. The first kappa shape index (κ1) is 19.0. The second kappa shape index (κ2) is 9.23. The van der Waals surface area contributed by atoms with Crippen LogP contribution < -0.4 is 10.6 Å². The molecule has 4 nitrogen and oxygen atoms in total. The van der Waals surface area contributed by atoms with Gasteiger partial charge in [0.15, 0.2) is 0 Å². The van der Waals surface area contributed by atoms with E-state index in [1.165, 1.54) is 5.56 Å². The molecule has 0 bridgehead atoms. The van der Waals surface area contributed by atoms with Crippen LogP contribution in [0.4, 0.5) is 5.69 Å². The van der Waals surface area contributed by atoms with Crippen LogP contribution in [0.2, 0.25) is 5.02 Å².